The molecule has 0 saturated carbocycles. The first-order valence-corrected chi connectivity index (χ1v) is 6.78. The summed E-state index contributed by atoms with van der Waals surface area (Å²) in [5, 5.41) is 4.87. The molecule has 0 atom stereocenters. The van der Waals surface area contributed by atoms with Crippen molar-refractivity contribution in [3.05, 3.63) is 51.5 Å². The van der Waals surface area contributed by atoms with Gasteiger partial charge in [-0.3, -0.25) is 9.78 Å². The average molecular weight is 260 g/mol. The summed E-state index contributed by atoms with van der Waals surface area (Å²) in [6, 6.07) is 5.99. The minimum absolute atomic E-state index is 0.0163. The molecule has 4 heteroatoms. The van der Waals surface area contributed by atoms with Crippen molar-refractivity contribution >= 4 is 17.2 Å². The van der Waals surface area contributed by atoms with Crippen LogP contribution >= 0.6 is 11.3 Å². The number of carbonyl (C=O) groups excluding carboxylic acids is 1. The summed E-state index contributed by atoms with van der Waals surface area (Å²) in [5.74, 6) is 0.0163. The fraction of sp³-hybridized carbons (Fsp3) is 0.286. The lowest BCUT2D eigenvalue weighted by molar-refractivity contribution is 0.0957. The molecule has 0 bridgehead atoms. The third-order valence-electron chi connectivity index (χ3n) is 2.74. The predicted octanol–water partition coefficient (Wildman–Crippen LogP) is 2.73. The molecular weight excluding hydrogens is 244 g/mol. The lowest BCUT2D eigenvalue weighted by Crippen LogP contribution is -2.25. The molecular formula is C14H16N2OS. The predicted molar refractivity (Wildman–Crippen MR) is 74.1 cm³/mol. The zero-order valence-corrected chi connectivity index (χ0v) is 11.4. The molecule has 0 aliphatic heterocycles. The smallest absolute Gasteiger partial charge is 0.261 e. The first kappa shape index (κ1) is 12.8. The maximum atomic E-state index is 11.9. The van der Waals surface area contributed by atoms with Gasteiger partial charge in [0.05, 0.1) is 4.88 Å². The molecule has 0 aromatic carbocycles. The highest BCUT2D eigenvalue weighted by Gasteiger charge is 2.09. The standard InChI is InChI=1S/C14H16N2OS/c1-10-6-8-18-13(10)14(17)15-7-5-12-4-3-11(2)16-9-12/h3-4,6,8-9H,5,7H2,1-2H3,(H,15,17). The number of thiophene rings is 1. The van der Waals surface area contributed by atoms with E-state index in [1.807, 2.05) is 43.6 Å². The molecule has 0 spiro atoms. The Morgan fingerprint density at radius 2 is 2.17 bits per heavy atom. The molecule has 0 aliphatic carbocycles. The summed E-state index contributed by atoms with van der Waals surface area (Å²) in [5.41, 5.74) is 3.19. The number of rotatable bonds is 4. The van der Waals surface area contributed by atoms with Crippen molar-refractivity contribution in [3.8, 4) is 0 Å². The minimum Gasteiger partial charge on any atom is -0.351 e. The summed E-state index contributed by atoms with van der Waals surface area (Å²) < 4.78 is 0. The van der Waals surface area contributed by atoms with Gasteiger partial charge in [-0.15, -0.1) is 11.3 Å². The minimum atomic E-state index is 0.0163. The van der Waals surface area contributed by atoms with Crippen LogP contribution in [0.4, 0.5) is 0 Å². The summed E-state index contributed by atoms with van der Waals surface area (Å²) in [7, 11) is 0. The van der Waals surface area contributed by atoms with Gasteiger partial charge in [0.1, 0.15) is 0 Å². The van der Waals surface area contributed by atoms with Crippen molar-refractivity contribution < 1.29 is 4.79 Å². The van der Waals surface area contributed by atoms with Gasteiger partial charge in [0.2, 0.25) is 0 Å². The number of amides is 1. The van der Waals surface area contributed by atoms with Gasteiger partial charge in [0.25, 0.3) is 5.91 Å². The van der Waals surface area contributed by atoms with E-state index in [0.717, 1.165) is 28.1 Å². The van der Waals surface area contributed by atoms with E-state index in [9.17, 15) is 4.79 Å². The maximum Gasteiger partial charge on any atom is 0.261 e. The number of nitrogens with one attached hydrogen (secondary N) is 1. The molecule has 1 amide bonds. The Bertz CT molecular complexity index is 531. The fourth-order valence-corrected chi connectivity index (χ4v) is 2.49. The number of hydrogen-bond acceptors (Lipinski definition) is 3. The summed E-state index contributed by atoms with van der Waals surface area (Å²) in [4.78, 5) is 16.9. The van der Waals surface area contributed by atoms with Crippen LogP contribution in [0.15, 0.2) is 29.8 Å². The van der Waals surface area contributed by atoms with Crippen LogP contribution in [0.5, 0.6) is 0 Å². The Labute approximate surface area is 111 Å². The van der Waals surface area contributed by atoms with Crippen LogP contribution in [-0.2, 0) is 6.42 Å². The SMILES string of the molecule is Cc1ccc(CCNC(=O)c2sccc2C)cn1. The van der Waals surface area contributed by atoms with Gasteiger partial charge in [-0.05, 0) is 48.9 Å². The van der Waals surface area contributed by atoms with Gasteiger partial charge in [-0.1, -0.05) is 6.07 Å². The van der Waals surface area contributed by atoms with Gasteiger partial charge >= 0.3 is 0 Å². The van der Waals surface area contributed by atoms with Crippen LogP contribution in [0.25, 0.3) is 0 Å². The molecule has 2 rings (SSSR count). The van der Waals surface area contributed by atoms with Crippen molar-refractivity contribution in [1.82, 2.24) is 10.3 Å². The van der Waals surface area contributed by atoms with Crippen molar-refractivity contribution in [2.75, 3.05) is 6.54 Å². The average Bonchev–Trinajstić information content (AvgIpc) is 2.78. The van der Waals surface area contributed by atoms with Crippen molar-refractivity contribution in [2.24, 2.45) is 0 Å². The van der Waals surface area contributed by atoms with Crippen LogP contribution in [0.2, 0.25) is 0 Å². The number of carbonyl (C=O) groups is 1. The molecule has 94 valence electrons. The Hall–Kier alpha value is -1.68. The molecule has 2 heterocycles. The zero-order valence-electron chi connectivity index (χ0n) is 10.6. The van der Waals surface area contributed by atoms with Crippen molar-refractivity contribution in [2.45, 2.75) is 20.3 Å². The van der Waals surface area contributed by atoms with E-state index in [2.05, 4.69) is 10.3 Å². The monoisotopic (exact) mass is 260 g/mol. The van der Waals surface area contributed by atoms with E-state index in [1.54, 1.807) is 0 Å². The van der Waals surface area contributed by atoms with E-state index in [1.165, 1.54) is 11.3 Å². The third-order valence-corrected chi connectivity index (χ3v) is 3.76. The molecule has 0 fully saturated rings. The topological polar surface area (TPSA) is 42.0 Å². The van der Waals surface area contributed by atoms with Crippen molar-refractivity contribution in [3.63, 3.8) is 0 Å². The van der Waals surface area contributed by atoms with Crippen LogP contribution < -0.4 is 5.32 Å². The highest BCUT2D eigenvalue weighted by Crippen LogP contribution is 2.14. The second kappa shape index (κ2) is 5.78. The van der Waals surface area contributed by atoms with Crippen molar-refractivity contribution in [1.29, 1.82) is 0 Å². The van der Waals surface area contributed by atoms with E-state index in [4.69, 9.17) is 0 Å². The highest BCUT2D eigenvalue weighted by atomic mass is 32.1. The summed E-state index contributed by atoms with van der Waals surface area (Å²) in [6.45, 7) is 4.56. The molecule has 2 aromatic rings. The summed E-state index contributed by atoms with van der Waals surface area (Å²) in [6.07, 6.45) is 2.67. The summed E-state index contributed by atoms with van der Waals surface area (Å²) >= 11 is 1.48. The molecule has 2 aromatic heterocycles. The molecule has 0 unspecified atom stereocenters. The molecule has 0 radical (unpaired) electrons. The van der Waals surface area contributed by atoms with Crippen LogP contribution in [0, 0.1) is 13.8 Å². The van der Waals surface area contributed by atoms with Crippen LogP contribution in [0.3, 0.4) is 0 Å². The zero-order chi connectivity index (χ0) is 13.0. The van der Waals surface area contributed by atoms with E-state index in [0.29, 0.717) is 6.54 Å². The second-order valence-electron chi connectivity index (χ2n) is 4.25. The van der Waals surface area contributed by atoms with Gasteiger partial charge in [-0.25, -0.2) is 0 Å². The molecule has 18 heavy (non-hydrogen) atoms. The number of aromatic nitrogens is 1. The van der Waals surface area contributed by atoms with E-state index >= 15 is 0 Å². The first-order valence-electron chi connectivity index (χ1n) is 5.90. The molecule has 1 N–H and O–H groups in total. The van der Waals surface area contributed by atoms with E-state index < -0.39 is 0 Å². The van der Waals surface area contributed by atoms with Crippen LogP contribution in [-0.4, -0.2) is 17.4 Å². The quantitative estimate of drug-likeness (QED) is 0.918. The normalized spacial score (nSPS) is 10.3. The van der Waals surface area contributed by atoms with Gasteiger partial charge in [0, 0.05) is 18.4 Å². The molecule has 3 nitrogen and oxygen atoms in total. The number of pyridine rings is 1. The second-order valence-corrected chi connectivity index (χ2v) is 5.16. The third kappa shape index (κ3) is 3.17. The Balaban J connectivity index is 1.84. The maximum absolute atomic E-state index is 11.9. The Morgan fingerprint density at radius 3 is 2.78 bits per heavy atom. The van der Waals surface area contributed by atoms with E-state index in [-0.39, 0.29) is 5.91 Å². The van der Waals surface area contributed by atoms with Gasteiger partial charge in [-0.2, -0.15) is 0 Å². The number of hydrogen-bond donors (Lipinski definition) is 1. The van der Waals surface area contributed by atoms with Gasteiger partial charge in [0.15, 0.2) is 0 Å². The lowest BCUT2D eigenvalue weighted by Gasteiger charge is -2.04. The Morgan fingerprint density at radius 1 is 1.33 bits per heavy atom. The number of aryl methyl sites for hydroxylation is 2. The largest absolute Gasteiger partial charge is 0.351 e. The van der Waals surface area contributed by atoms with Crippen LogP contribution in [0.1, 0.15) is 26.5 Å². The number of nitrogens with zero attached hydrogens (tertiary/aromatic N) is 1. The first-order chi connectivity index (χ1) is 8.66. The highest BCUT2D eigenvalue weighted by molar-refractivity contribution is 7.12. The fourth-order valence-electron chi connectivity index (χ4n) is 1.65. The molecule has 0 aliphatic rings. The Kier molecular flexibility index (Phi) is 4.10. The lowest BCUT2D eigenvalue weighted by atomic mass is 10.2. The molecule has 0 saturated heterocycles. The van der Waals surface area contributed by atoms with Gasteiger partial charge < -0.3 is 5.32 Å².